The van der Waals surface area contributed by atoms with Gasteiger partial charge in [0.15, 0.2) is 0 Å². The number of urea groups is 1. The molecule has 2 saturated heterocycles. The lowest BCUT2D eigenvalue weighted by molar-refractivity contribution is -0.128. The molecule has 0 saturated carbocycles. The van der Waals surface area contributed by atoms with Gasteiger partial charge in [-0.1, -0.05) is 35.9 Å². The molecule has 0 radical (unpaired) electrons. The molecule has 0 spiro atoms. The van der Waals surface area contributed by atoms with Crippen molar-refractivity contribution in [2.24, 2.45) is 0 Å². The van der Waals surface area contributed by atoms with Crippen LogP contribution in [0.15, 0.2) is 48.5 Å². The predicted molar refractivity (Wildman–Crippen MR) is 120 cm³/mol. The number of rotatable bonds is 6. The van der Waals surface area contributed by atoms with E-state index in [2.05, 4.69) is 29.2 Å². The summed E-state index contributed by atoms with van der Waals surface area (Å²) in [7, 11) is 1.96. The van der Waals surface area contributed by atoms with Crippen LogP contribution in [0.1, 0.15) is 30.9 Å². The van der Waals surface area contributed by atoms with Gasteiger partial charge in [-0.05, 0) is 57.5 Å². The van der Waals surface area contributed by atoms with Gasteiger partial charge in [0.1, 0.15) is 6.04 Å². The van der Waals surface area contributed by atoms with E-state index in [4.69, 9.17) is 0 Å². The lowest BCUT2D eigenvalue weighted by Gasteiger charge is -2.26. The molecule has 0 unspecified atom stereocenters. The van der Waals surface area contributed by atoms with E-state index in [0.717, 1.165) is 24.3 Å². The summed E-state index contributed by atoms with van der Waals surface area (Å²) in [5, 5.41) is 0. The Hall–Kier alpha value is -2.86. The number of hydrogen-bond donors (Lipinski definition) is 0. The average molecular weight is 407 g/mol. The smallest absolute Gasteiger partial charge is 0.333 e. The van der Waals surface area contributed by atoms with E-state index in [0.29, 0.717) is 6.54 Å². The Morgan fingerprint density at radius 3 is 2.37 bits per heavy atom. The van der Waals surface area contributed by atoms with E-state index < -0.39 is 6.04 Å². The fraction of sp³-hybridized carbons (Fsp3) is 0.417. The highest BCUT2D eigenvalue weighted by atomic mass is 16.2. The van der Waals surface area contributed by atoms with Gasteiger partial charge >= 0.3 is 6.03 Å². The number of imide groups is 1. The highest BCUT2D eigenvalue weighted by molar-refractivity contribution is 6.14. The molecule has 2 aromatic carbocycles. The van der Waals surface area contributed by atoms with Crippen LogP contribution in [-0.2, 0) is 11.3 Å². The Bertz CT molecular complexity index is 921. The van der Waals surface area contributed by atoms with Crippen molar-refractivity contribution < 1.29 is 9.59 Å². The molecule has 6 heteroatoms. The van der Waals surface area contributed by atoms with Crippen LogP contribution < -0.4 is 9.80 Å². The number of para-hydroxylation sites is 1. The summed E-state index contributed by atoms with van der Waals surface area (Å²) in [6, 6.07) is 15.4. The van der Waals surface area contributed by atoms with Crippen molar-refractivity contribution >= 4 is 23.3 Å². The first kappa shape index (κ1) is 20.4. The van der Waals surface area contributed by atoms with E-state index in [-0.39, 0.29) is 18.6 Å². The van der Waals surface area contributed by atoms with E-state index in [1.165, 1.54) is 29.0 Å². The summed E-state index contributed by atoms with van der Waals surface area (Å²) in [6.45, 7) is 6.94. The third kappa shape index (κ3) is 3.92. The maximum atomic E-state index is 13.1. The van der Waals surface area contributed by atoms with Crippen LogP contribution in [0.4, 0.5) is 16.2 Å². The van der Waals surface area contributed by atoms with Gasteiger partial charge in [-0.25, -0.2) is 9.69 Å². The van der Waals surface area contributed by atoms with Gasteiger partial charge in [-0.15, -0.1) is 0 Å². The van der Waals surface area contributed by atoms with Crippen LogP contribution in [0.5, 0.6) is 0 Å². The standard InChI is InChI=1S/C24H30N4O2/c1-18-10-12-21(13-11-18)28-19(2)23(29)27(24(28)30)17-25(3)16-20-8-4-5-9-22(20)26-14-6-7-15-26/h4-5,8-13,19H,6-7,14-17H2,1-3H3/t19-/m0/s1. The number of nitrogens with zero attached hydrogens (tertiary/aromatic N) is 4. The summed E-state index contributed by atoms with van der Waals surface area (Å²) in [5.41, 5.74) is 4.37. The van der Waals surface area contributed by atoms with Crippen molar-refractivity contribution in [3.8, 4) is 0 Å². The maximum absolute atomic E-state index is 13.1. The minimum Gasteiger partial charge on any atom is -0.371 e. The monoisotopic (exact) mass is 406 g/mol. The molecule has 1 atom stereocenters. The molecule has 4 rings (SSSR count). The minimum absolute atomic E-state index is 0.153. The van der Waals surface area contributed by atoms with Gasteiger partial charge in [0, 0.05) is 31.0 Å². The first-order valence-electron chi connectivity index (χ1n) is 10.7. The molecule has 2 aromatic rings. The van der Waals surface area contributed by atoms with E-state index in [1.54, 1.807) is 11.8 Å². The maximum Gasteiger partial charge on any atom is 0.333 e. The zero-order chi connectivity index (χ0) is 21.3. The molecule has 2 fully saturated rings. The number of hydrogen-bond acceptors (Lipinski definition) is 4. The van der Waals surface area contributed by atoms with Gasteiger partial charge in [-0.2, -0.15) is 0 Å². The number of carbonyl (C=O) groups is 2. The summed E-state index contributed by atoms with van der Waals surface area (Å²) in [5.74, 6) is -0.153. The van der Waals surface area contributed by atoms with E-state index in [1.807, 2.05) is 43.1 Å². The minimum atomic E-state index is -0.495. The lowest BCUT2D eigenvalue weighted by Crippen LogP contribution is -2.40. The quantitative estimate of drug-likeness (QED) is 0.684. The van der Waals surface area contributed by atoms with Gasteiger partial charge < -0.3 is 4.90 Å². The molecule has 158 valence electrons. The SMILES string of the molecule is Cc1ccc(N2C(=O)N(CN(C)Cc3ccccc3N3CCCC3)C(=O)[C@@H]2C)cc1. The van der Waals surface area contributed by atoms with Crippen LogP contribution >= 0.6 is 0 Å². The molecular weight excluding hydrogens is 376 g/mol. The topological polar surface area (TPSA) is 47.1 Å². The zero-order valence-corrected chi connectivity index (χ0v) is 18.0. The molecule has 3 amide bonds. The lowest BCUT2D eigenvalue weighted by atomic mass is 10.1. The van der Waals surface area contributed by atoms with Crippen LogP contribution in [0, 0.1) is 6.92 Å². The summed E-state index contributed by atoms with van der Waals surface area (Å²) >= 11 is 0. The number of anilines is 2. The fourth-order valence-electron chi connectivity index (χ4n) is 4.39. The van der Waals surface area contributed by atoms with Crippen molar-refractivity contribution in [3.05, 3.63) is 59.7 Å². The second kappa shape index (κ2) is 8.48. The zero-order valence-electron chi connectivity index (χ0n) is 18.0. The Morgan fingerprint density at radius 2 is 1.67 bits per heavy atom. The molecule has 0 N–H and O–H groups in total. The van der Waals surface area contributed by atoms with Gasteiger partial charge in [0.25, 0.3) is 5.91 Å². The number of benzene rings is 2. The molecule has 2 aliphatic heterocycles. The highest BCUT2D eigenvalue weighted by Crippen LogP contribution is 2.28. The fourth-order valence-corrected chi connectivity index (χ4v) is 4.39. The van der Waals surface area contributed by atoms with Crippen molar-refractivity contribution in [1.82, 2.24) is 9.80 Å². The van der Waals surface area contributed by atoms with Crippen molar-refractivity contribution in [2.45, 2.75) is 39.3 Å². The van der Waals surface area contributed by atoms with Gasteiger partial charge in [-0.3, -0.25) is 14.6 Å². The Balaban J connectivity index is 1.47. The van der Waals surface area contributed by atoms with Crippen LogP contribution in [0.2, 0.25) is 0 Å². The molecule has 0 aliphatic carbocycles. The van der Waals surface area contributed by atoms with Crippen molar-refractivity contribution in [1.29, 1.82) is 0 Å². The van der Waals surface area contributed by atoms with E-state index >= 15 is 0 Å². The highest BCUT2D eigenvalue weighted by Gasteiger charge is 2.43. The second-order valence-electron chi connectivity index (χ2n) is 8.41. The molecule has 0 aromatic heterocycles. The van der Waals surface area contributed by atoms with Crippen molar-refractivity contribution in [3.63, 3.8) is 0 Å². The Kier molecular flexibility index (Phi) is 5.77. The number of aryl methyl sites for hydroxylation is 1. The normalized spacial score (nSPS) is 19.5. The summed E-state index contributed by atoms with van der Waals surface area (Å²) in [4.78, 5) is 33.4. The van der Waals surface area contributed by atoms with Crippen molar-refractivity contribution in [2.75, 3.05) is 36.6 Å². The largest absolute Gasteiger partial charge is 0.371 e. The van der Waals surface area contributed by atoms with Gasteiger partial charge in [0.05, 0.1) is 6.67 Å². The Labute approximate surface area is 178 Å². The molecule has 6 nitrogen and oxygen atoms in total. The second-order valence-corrected chi connectivity index (χ2v) is 8.41. The van der Waals surface area contributed by atoms with Crippen LogP contribution in [0.25, 0.3) is 0 Å². The first-order valence-corrected chi connectivity index (χ1v) is 10.7. The van der Waals surface area contributed by atoms with Crippen LogP contribution in [-0.4, -0.2) is 54.6 Å². The molecular formula is C24H30N4O2. The first-order chi connectivity index (χ1) is 14.5. The summed E-state index contributed by atoms with van der Waals surface area (Å²) in [6.07, 6.45) is 2.46. The Morgan fingerprint density at radius 1 is 1.00 bits per heavy atom. The van der Waals surface area contributed by atoms with E-state index in [9.17, 15) is 9.59 Å². The third-order valence-corrected chi connectivity index (χ3v) is 6.02. The van der Waals surface area contributed by atoms with Gasteiger partial charge in [0.2, 0.25) is 0 Å². The third-order valence-electron chi connectivity index (χ3n) is 6.02. The molecule has 0 bridgehead atoms. The number of amides is 3. The summed E-state index contributed by atoms with van der Waals surface area (Å²) < 4.78 is 0. The molecule has 30 heavy (non-hydrogen) atoms. The molecule has 2 heterocycles. The average Bonchev–Trinajstić information content (AvgIpc) is 3.34. The predicted octanol–water partition coefficient (Wildman–Crippen LogP) is 3.84. The number of carbonyl (C=O) groups excluding carboxylic acids is 2. The molecule has 2 aliphatic rings. The van der Waals surface area contributed by atoms with Crippen LogP contribution in [0.3, 0.4) is 0 Å².